The number of anilines is 2. The van der Waals surface area contributed by atoms with Crippen LogP contribution in [-0.2, 0) is 0 Å². The quantitative estimate of drug-likeness (QED) is 0.157. The van der Waals surface area contributed by atoms with E-state index in [-0.39, 0.29) is 18.0 Å². The minimum atomic E-state index is -0.262. The number of imidazole rings is 2. The number of nitrogens with one attached hydrogen (secondary N) is 2. The zero-order valence-electron chi connectivity index (χ0n) is 28.5. The van der Waals surface area contributed by atoms with Crippen molar-refractivity contribution in [3.8, 4) is 28.2 Å². The summed E-state index contributed by atoms with van der Waals surface area (Å²) in [5.74, 6) is 1.35. The fourth-order valence-electron chi connectivity index (χ4n) is 6.90. The van der Waals surface area contributed by atoms with Crippen molar-refractivity contribution < 1.29 is 14.6 Å². The molecule has 52 heavy (non-hydrogen) atoms. The Bertz CT molecular complexity index is 2220. The summed E-state index contributed by atoms with van der Waals surface area (Å²) in [4.78, 5) is 12.8. The fraction of sp³-hybridized carbons (Fsp3) is 0.316. The second-order valence-electron chi connectivity index (χ2n) is 13.5. The molecule has 0 aliphatic heterocycles. The van der Waals surface area contributed by atoms with Gasteiger partial charge in [-0.25, -0.2) is 33.1 Å². The highest BCUT2D eigenvalue weighted by atomic mass is 19.1. The Morgan fingerprint density at radius 3 is 1.54 bits per heavy atom. The third-order valence-electron chi connectivity index (χ3n) is 9.81. The van der Waals surface area contributed by atoms with Crippen molar-refractivity contribution in [2.75, 3.05) is 10.6 Å². The van der Waals surface area contributed by atoms with Gasteiger partial charge in [-0.1, -0.05) is 12.1 Å². The van der Waals surface area contributed by atoms with E-state index in [0.717, 1.165) is 102 Å². The molecule has 7 aromatic rings. The highest BCUT2D eigenvalue weighted by molar-refractivity contribution is 5.65. The van der Waals surface area contributed by atoms with E-state index in [2.05, 4.69) is 35.8 Å². The van der Waals surface area contributed by atoms with Gasteiger partial charge in [-0.2, -0.15) is 5.10 Å². The van der Waals surface area contributed by atoms with E-state index in [1.54, 1.807) is 33.9 Å². The molecule has 0 atom stereocenters. The largest absolute Gasteiger partial charge is 0.393 e. The second-order valence-corrected chi connectivity index (χ2v) is 13.5. The molecule has 2 fully saturated rings. The zero-order chi connectivity index (χ0) is 35.4. The van der Waals surface area contributed by atoms with Crippen LogP contribution < -0.4 is 10.6 Å². The predicted octanol–water partition coefficient (Wildman–Crippen LogP) is 5.94. The molecule has 4 N–H and O–H groups in total. The van der Waals surface area contributed by atoms with Crippen LogP contribution in [0.1, 0.15) is 51.4 Å². The van der Waals surface area contributed by atoms with Gasteiger partial charge in [-0.15, -0.1) is 10.2 Å². The van der Waals surface area contributed by atoms with Crippen LogP contribution in [0.4, 0.5) is 16.0 Å². The maximum atomic E-state index is 13.1. The first-order valence-electron chi connectivity index (χ1n) is 17.8. The first-order chi connectivity index (χ1) is 25.4. The van der Waals surface area contributed by atoms with Gasteiger partial charge in [0.2, 0.25) is 0 Å². The van der Waals surface area contributed by atoms with Crippen LogP contribution in [0.5, 0.6) is 0 Å². The molecule has 14 heteroatoms. The minimum Gasteiger partial charge on any atom is -0.393 e. The van der Waals surface area contributed by atoms with Crippen LogP contribution >= 0.6 is 0 Å². The number of aliphatic hydroxyl groups is 2. The Balaban J connectivity index is 0.000000151. The Hall–Kier alpha value is -5.73. The SMILES string of the molecule is OC1CCC(Nc2ccc3ncc(-c4ccc(-n5cncn5)cc4)n3n2)CC1.OC1CCC(Nc2ccc3ncc(-c4ccc(F)cc4)n3n2)CC1. The smallest absolute Gasteiger partial charge is 0.154 e. The zero-order valence-corrected chi connectivity index (χ0v) is 28.5. The fourth-order valence-corrected chi connectivity index (χ4v) is 6.90. The molecule has 9 rings (SSSR count). The molecule has 0 radical (unpaired) electrons. The Kier molecular flexibility index (Phi) is 9.55. The van der Waals surface area contributed by atoms with E-state index < -0.39 is 0 Å². The molecule has 2 aliphatic rings. The number of nitrogens with zero attached hydrogens (tertiary/aromatic N) is 9. The number of aliphatic hydroxyl groups excluding tert-OH is 2. The molecule has 13 nitrogen and oxygen atoms in total. The van der Waals surface area contributed by atoms with Crippen LogP contribution in [0, 0.1) is 5.82 Å². The maximum Gasteiger partial charge on any atom is 0.154 e. The van der Waals surface area contributed by atoms with Crippen molar-refractivity contribution in [2.24, 2.45) is 0 Å². The molecule has 2 aliphatic carbocycles. The van der Waals surface area contributed by atoms with E-state index in [0.29, 0.717) is 12.1 Å². The molecule has 0 unspecified atom stereocenters. The van der Waals surface area contributed by atoms with Crippen molar-refractivity contribution in [3.63, 3.8) is 0 Å². The summed E-state index contributed by atoms with van der Waals surface area (Å²) < 4.78 is 18.5. The van der Waals surface area contributed by atoms with Crippen molar-refractivity contribution in [3.05, 3.63) is 104 Å². The summed E-state index contributed by atoms with van der Waals surface area (Å²) in [5, 5.41) is 39.8. The molecule has 5 heterocycles. The average Bonchev–Trinajstić information content (AvgIpc) is 3.95. The van der Waals surface area contributed by atoms with Gasteiger partial charge in [0.1, 0.15) is 30.1 Å². The molecule has 5 aromatic heterocycles. The normalized spacial score (nSPS) is 20.4. The highest BCUT2D eigenvalue weighted by Crippen LogP contribution is 2.26. The van der Waals surface area contributed by atoms with Crippen LogP contribution in [-0.4, -0.2) is 78.5 Å². The molecule has 266 valence electrons. The maximum absolute atomic E-state index is 13.1. The van der Waals surface area contributed by atoms with Gasteiger partial charge in [0, 0.05) is 23.2 Å². The lowest BCUT2D eigenvalue weighted by Crippen LogP contribution is -2.28. The van der Waals surface area contributed by atoms with Crippen molar-refractivity contribution in [1.82, 2.24) is 44.0 Å². The number of hydrogen-bond donors (Lipinski definition) is 4. The van der Waals surface area contributed by atoms with Crippen molar-refractivity contribution in [1.29, 1.82) is 0 Å². The number of hydrogen-bond acceptors (Lipinski definition) is 10. The van der Waals surface area contributed by atoms with E-state index in [4.69, 9.17) is 5.10 Å². The molecule has 0 saturated heterocycles. The molecule has 0 bridgehead atoms. The van der Waals surface area contributed by atoms with Crippen molar-refractivity contribution in [2.45, 2.75) is 75.7 Å². The molecular formula is C38H40FN11O2. The van der Waals surface area contributed by atoms with E-state index in [1.807, 2.05) is 59.2 Å². The summed E-state index contributed by atoms with van der Waals surface area (Å²) >= 11 is 0. The Morgan fingerprint density at radius 2 is 1.08 bits per heavy atom. The minimum absolute atomic E-state index is 0.158. The number of aromatic nitrogens is 9. The summed E-state index contributed by atoms with van der Waals surface area (Å²) in [6.07, 6.45) is 13.6. The van der Waals surface area contributed by atoms with Gasteiger partial charge >= 0.3 is 0 Å². The lowest BCUT2D eigenvalue weighted by atomic mass is 9.93. The summed E-state index contributed by atoms with van der Waals surface area (Å²) in [6.45, 7) is 0. The van der Waals surface area contributed by atoms with Gasteiger partial charge in [0.25, 0.3) is 0 Å². The van der Waals surface area contributed by atoms with Crippen LogP contribution in [0.25, 0.3) is 39.5 Å². The lowest BCUT2D eigenvalue weighted by Gasteiger charge is -2.26. The average molecular weight is 702 g/mol. The molecule has 0 spiro atoms. The summed E-state index contributed by atoms with van der Waals surface area (Å²) in [7, 11) is 0. The van der Waals surface area contributed by atoms with Crippen LogP contribution in [0.2, 0.25) is 0 Å². The van der Waals surface area contributed by atoms with E-state index in [1.165, 1.54) is 18.5 Å². The molecule has 2 saturated carbocycles. The third kappa shape index (κ3) is 7.48. The van der Waals surface area contributed by atoms with Gasteiger partial charge in [-0.05, 0) is 112 Å². The lowest BCUT2D eigenvalue weighted by molar-refractivity contribution is 0.125. The van der Waals surface area contributed by atoms with Gasteiger partial charge in [0.15, 0.2) is 11.3 Å². The summed E-state index contributed by atoms with van der Waals surface area (Å²) in [6, 6.07) is 22.8. The first-order valence-corrected chi connectivity index (χ1v) is 17.8. The monoisotopic (exact) mass is 701 g/mol. The van der Waals surface area contributed by atoms with Crippen LogP contribution in [0.15, 0.2) is 97.8 Å². The Labute approximate surface area is 299 Å². The number of rotatable bonds is 7. The number of halogens is 1. The van der Waals surface area contributed by atoms with Gasteiger partial charge < -0.3 is 20.8 Å². The number of benzene rings is 2. The summed E-state index contributed by atoms with van der Waals surface area (Å²) in [5.41, 5.74) is 6.16. The van der Waals surface area contributed by atoms with E-state index >= 15 is 0 Å². The van der Waals surface area contributed by atoms with Gasteiger partial charge in [0.05, 0.1) is 41.7 Å². The standard InChI is InChI=1S/C20H21N7O.C18H19FN4O/c28-17-7-3-15(4-8-17)24-19-9-10-20-22-11-18(27(20)25-19)14-1-5-16(6-2-14)26-13-21-12-23-26;19-13-3-1-12(2-4-13)16-11-20-18-10-9-17(22-23(16)18)21-14-5-7-15(24)8-6-14/h1-2,5-6,9-13,15,17,28H,3-4,7-8H2,(H,24,25);1-4,9-11,14-15,24H,5-8H2,(H,21,22). The first kappa shape index (κ1) is 33.4. The van der Waals surface area contributed by atoms with Gasteiger partial charge in [-0.3, -0.25) is 0 Å². The topological polar surface area (TPSA) is 156 Å². The Morgan fingerprint density at radius 1 is 0.596 bits per heavy atom. The number of fused-ring (bicyclic) bond motifs is 2. The molecular weight excluding hydrogens is 661 g/mol. The second kappa shape index (κ2) is 14.9. The predicted molar refractivity (Wildman–Crippen MR) is 195 cm³/mol. The third-order valence-corrected chi connectivity index (χ3v) is 9.81. The van der Waals surface area contributed by atoms with Crippen molar-refractivity contribution >= 4 is 22.9 Å². The highest BCUT2D eigenvalue weighted by Gasteiger charge is 2.21. The van der Waals surface area contributed by atoms with E-state index in [9.17, 15) is 14.6 Å². The van der Waals surface area contributed by atoms with Crippen LogP contribution in [0.3, 0.4) is 0 Å². The molecule has 0 amide bonds. The molecule has 2 aromatic carbocycles.